The number of aromatic nitrogens is 2. The van der Waals surface area contributed by atoms with Gasteiger partial charge in [-0.2, -0.15) is 11.8 Å². The van der Waals surface area contributed by atoms with E-state index >= 15 is 0 Å². The molecule has 5 atom stereocenters. The summed E-state index contributed by atoms with van der Waals surface area (Å²) in [5, 5.41) is 29.4. The van der Waals surface area contributed by atoms with Crippen molar-refractivity contribution in [1.29, 1.82) is 0 Å². The molecule has 142 valence electrons. The normalized spacial score (nSPS) is 27.0. The summed E-state index contributed by atoms with van der Waals surface area (Å²) in [7, 11) is 0. The van der Waals surface area contributed by atoms with Crippen LogP contribution in [0.4, 0.5) is 5.69 Å². The van der Waals surface area contributed by atoms with Crippen LogP contribution in [0.25, 0.3) is 11.0 Å². The lowest BCUT2D eigenvalue weighted by Gasteiger charge is -2.17. The van der Waals surface area contributed by atoms with E-state index in [2.05, 4.69) is 4.98 Å². The average Bonchev–Trinajstić information content (AvgIpc) is 3.15. The van der Waals surface area contributed by atoms with Crippen LogP contribution in [0.5, 0.6) is 0 Å². The van der Waals surface area contributed by atoms with E-state index in [1.165, 1.54) is 18.1 Å². The van der Waals surface area contributed by atoms with Crippen molar-refractivity contribution in [2.75, 3.05) is 17.2 Å². The molecular formula is C16H22N4O5S. The molecule has 0 bridgehead atoms. The highest BCUT2D eigenvalue weighted by Crippen LogP contribution is 2.34. The van der Waals surface area contributed by atoms with Crippen LogP contribution in [0.15, 0.2) is 24.5 Å². The van der Waals surface area contributed by atoms with Crippen LogP contribution in [0.1, 0.15) is 12.6 Å². The van der Waals surface area contributed by atoms with Crippen molar-refractivity contribution in [1.82, 2.24) is 9.55 Å². The number of thioether (sulfide) groups is 1. The molecule has 10 heteroatoms. The topological polar surface area (TPSA) is 157 Å². The zero-order valence-electron chi connectivity index (χ0n) is 13.9. The van der Waals surface area contributed by atoms with Gasteiger partial charge >= 0.3 is 5.97 Å². The molecular weight excluding hydrogens is 360 g/mol. The molecule has 5 unspecified atom stereocenters. The van der Waals surface area contributed by atoms with E-state index in [4.69, 9.17) is 21.3 Å². The number of carboxylic acids is 1. The van der Waals surface area contributed by atoms with Crippen molar-refractivity contribution in [3.05, 3.63) is 24.5 Å². The molecule has 0 saturated carbocycles. The number of benzene rings is 1. The molecule has 7 N–H and O–H groups in total. The molecule has 0 amide bonds. The van der Waals surface area contributed by atoms with Gasteiger partial charge in [-0.05, 0) is 24.3 Å². The fraction of sp³-hybridized carbons (Fsp3) is 0.500. The third-order valence-electron chi connectivity index (χ3n) is 4.42. The summed E-state index contributed by atoms with van der Waals surface area (Å²) in [5.41, 5.74) is 13.2. The van der Waals surface area contributed by atoms with Crippen molar-refractivity contribution in [3.8, 4) is 0 Å². The van der Waals surface area contributed by atoms with Gasteiger partial charge in [-0.15, -0.1) is 0 Å². The number of carbonyl (C=O) groups is 1. The summed E-state index contributed by atoms with van der Waals surface area (Å²) in [4.78, 5) is 14.9. The summed E-state index contributed by atoms with van der Waals surface area (Å²) in [5.74, 6) is -0.106. The molecule has 26 heavy (non-hydrogen) atoms. The lowest BCUT2D eigenvalue weighted by atomic mass is 10.1. The maximum atomic E-state index is 10.7. The van der Waals surface area contributed by atoms with Gasteiger partial charge in [-0.25, -0.2) is 4.98 Å². The Morgan fingerprint density at radius 2 is 2.15 bits per heavy atom. The molecule has 1 saturated heterocycles. The van der Waals surface area contributed by atoms with E-state index in [1.54, 1.807) is 16.7 Å². The number of fused-ring (bicyclic) bond motifs is 1. The Kier molecular flexibility index (Phi) is 5.68. The predicted molar refractivity (Wildman–Crippen MR) is 97.6 cm³/mol. The number of para-hydroxylation sites is 1. The lowest BCUT2D eigenvalue weighted by molar-refractivity contribution is -0.138. The Hall–Kier alpha value is -1.85. The van der Waals surface area contributed by atoms with Crippen LogP contribution < -0.4 is 11.5 Å². The highest BCUT2D eigenvalue weighted by Gasteiger charge is 2.43. The minimum Gasteiger partial charge on any atom is -0.480 e. The molecule has 2 heterocycles. The fourth-order valence-electron chi connectivity index (χ4n) is 2.91. The Bertz CT molecular complexity index is 785. The second kappa shape index (κ2) is 7.80. The first-order chi connectivity index (χ1) is 12.4. The molecule has 9 nitrogen and oxygen atoms in total. The number of hydrogen-bond donors (Lipinski definition) is 5. The van der Waals surface area contributed by atoms with Gasteiger partial charge in [-0.1, -0.05) is 6.07 Å². The van der Waals surface area contributed by atoms with E-state index in [0.717, 1.165) is 0 Å². The Morgan fingerprint density at radius 1 is 1.38 bits per heavy atom. The molecule has 1 aromatic heterocycles. The number of rotatable bonds is 7. The minimum atomic E-state index is -1.11. The third-order valence-corrected chi connectivity index (χ3v) is 5.51. The third kappa shape index (κ3) is 3.64. The van der Waals surface area contributed by atoms with E-state index in [1.807, 2.05) is 6.07 Å². The smallest absolute Gasteiger partial charge is 0.320 e. The Balaban J connectivity index is 1.64. The molecule has 0 aliphatic carbocycles. The molecule has 1 aliphatic rings. The summed E-state index contributed by atoms with van der Waals surface area (Å²) >= 11 is 1.42. The summed E-state index contributed by atoms with van der Waals surface area (Å²) in [6, 6.07) is 4.43. The number of aliphatic carboxylic acids is 1. The van der Waals surface area contributed by atoms with E-state index in [9.17, 15) is 15.0 Å². The first-order valence-electron chi connectivity index (χ1n) is 8.19. The molecule has 3 rings (SSSR count). The maximum Gasteiger partial charge on any atom is 0.320 e. The highest BCUT2D eigenvalue weighted by molar-refractivity contribution is 7.99. The van der Waals surface area contributed by atoms with Crippen molar-refractivity contribution < 1.29 is 24.9 Å². The lowest BCUT2D eigenvalue weighted by Crippen LogP contribution is -2.33. The second-order valence-corrected chi connectivity index (χ2v) is 7.37. The van der Waals surface area contributed by atoms with Gasteiger partial charge in [0, 0.05) is 5.75 Å². The maximum absolute atomic E-state index is 10.7. The first kappa shape index (κ1) is 18.9. The average molecular weight is 382 g/mol. The molecule has 2 aromatic rings. The number of anilines is 1. The van der Waals surface area contributed by atoms with Crippen molar-refractivity contribution in [2.24, 2.45) is 5.73 Å². The van der Waals surface area contributed by atoms with Crippen LogP contribution in [0.2, 0.25) is 0 Å². The first-order valence-corrected chi connectivity index (χ1v) is 9.34. The number of hydrogen-bond acceptors (Lipinski definition) is 8. The highest BCUT2D eigenvalue weighted by atomic mass is 32.2. The van der Waals surface area contributed by atoms with Gasteiger partial charge in [0.25, 0.3) is 0 Å². The van der Waals surface area contributed by atoms with Gasteiger partial charge in [0.1, 0.15) is 23.8 Å². The molecule has 1 aliphatic heterocycles. The molecule has 0 spiro atoms. The monoisotopic (exact) mass is 382 g/mol. The number of nitrogens with zero attached hydrogens (tertiary/aromatic N) is 2. The zero-order valence-corrected chi connectivity index (χ0v) is 14.7. The van der Waals surface area contributed by atoms with Crippen LogP contribution in [0, 0.1) is 0 Å². The van der Waals surface area contributed by atoms with Crippen molar-refractivity contribution in [2.45, 2.75) is 37.0 Å². The van der Waals surface area contributed by atoms with Gasteiger partial charge in [0.15, 0.2) is 6.23 Å². The van der Waals surface area contributed by atoms with Gasteiger partial charge < -0.3 is 36.1 Å². The zero-order chi connectivity index (χ0) is 18.8. The SMILES string of the molecule is Nc1cccc2c1ncn2C1OC(CSCCC(N)C(=O)O)C(O)C1O. The number of nitrogen functional groups attached to an aromatic ring is 1. The standard InChI is InChI=1S/C16H22N4O5S/c17-8-2-1-3-10-12(8)19-7-20(10)15-14(22)13(21)11(25-15)6-26-5-4-9(18)16(23)24/h1-3,7,9,11,13-15,21-22H,4-6,17-18H2,(H,23,24). The van der Waals surface area contributed by atoms with Gasteiger partial charge in [0.05, 0.1) is 23.6 Å². The number of carboxylic acid groups (broad SMARTS) is 1. The second-order valence-electron chi connectivity index (χ2n) is 6.22. The summed E-state index contributed by atoms with van der Waals surface area (Å²) in [6.07, 6.45) is -1.67. The van der Waals surface area contributed by atoms with Crippen LogP contribution in [-0.4, -0.2) is 66.7 Å². The summed E-state index contributed by atoms with van der Waals surface area (Å²) < 4.78 is 7.50. The van der Waals surface area contributed by atoms with Crippen LogP contribution in [-0.2, 0) is 9.53 Å². The number of ether oxygens (including phenoxy) is 1. The molecule has 1 aromatic carbocycles. The molecule has 1 fully saturated rings. The summed E-state index contributed by atoms with van der Waals surface area (Å²) in [6.45, 7) is 0. The quantitative estimate of drug-likeness (QED) is 0.322. The predicted octanol–water partition coefficient (Wildman–Crippen LogP) is -0.227. The number of nitrogens with two attached hydrogens (primary N) is 2. The Labute approximate surface area is 153 Å². The van der Waals surface area contributed by atoms with Crippen molar-refractivity contribution in [3.63, 3.8) is 0 Å². The number of imidazole rings is 1. The molecule has 0 radical (unpaired) electrons. The number of aliphatic hydroxyl groups excluding tert-OH is 2. The van der Waals surface area contributed by atoms with Gasteiger partial charge in [0.2, 0.25) is 0 Å². The van der Waals surface area contributed by atoms with Crippen LogP contribution >= 0.6 is 11.8 Å². The largest absolute Gasteiger partial charge is 0.480 e. The Morgan fingerprint density at radius 3 is 2.88 bits per heavy atom. The minimum absolute atomic E-state index is 0.320. The van der Waals surface area contributed by atoms with Crippen LogP contribution in [0.3, 0.4) is 0 Å². The van der Waals surface area contributed by atoms with Crippen molar-refractivity contribution >= 4 is 34.5 Å². The van der Waals surface area contributed by atoms with E-state index < -0.39 is 36.6 Å². The number of aliphatic hydroxyl groups is 2. The fourth-order valence-corrected chi connectivity index (χ4v) is 4.01. The van der Waals surface area contributed by atoms with E-state index in [-0.39, 0.29) is 0 Å². The van der Waals surface area contributed by atoms with E-state index in [0.29, 0.717) is 34.6 Å². The van der Waals surface area contributed by atoms with Gasteiger partial charge in [-0.3, -0.25) is 4.79 Å².